The molecule has 35 heavy (non-hydrogen) atoms. The average Bonchev–Trinajstić information content (AvgIpc) is 2.57. The van der Waals surface area contributed by atoms with Gasteiger partial charge in [-0.1, -0.05) is 0 Å². The van der Waals surface area contributed by atoms with Gasteiger partial charge in [0.15, 0.2) is 0 Å². The Bertz CT molecular complexity index is 570. The molecule has 0 amide bonds. The second kappa shape index (κ2) is 17.7. The zero-order valence-corrected chi connectivity index (χ0v) is 23.4. The summed E-state index contributed by atoms with van der Waals surface area (Å²) in [6.45, 7) is 16.0. The molecule has 7 N–H and O–H groups in total. The molecule has 1 aliphatic rings. The number of hydrogen-bond donors (Lipinski definition) is 5. The van der Waals surface area contributed by atoms with E-state index in [1.54, 1.807) is 0 Å². The molecule has 214 valence electrons. The van der Waals surface area contributed by atoms with Crippen molar-refractivity contribution in [3.8, 4) is 0 Å². The first-order valence-electron chi connectivity index (χ1n) is 10.5. The molecule has 0 saturated heterocycles. The van der Waals surface area contributed by atoms with Crippen molar-refractivity contribution in [1.82, 2.24) is 16.0 Å². The molecule has 0 aliphatic carbocycles. The summed E-state index contributed by atoms with van der Waals surface area (Å²) in [5.41, 5.74) is 13.1. The number of hydrogen-bond acceptors (Lipinski definition) is 14. The molecular weight excluding hydrogens is 558 g/mol. The quantitative estimate of drug-likeness (QED) is 0.185. The van der Waals surface area contributed by atoms with Crippen LogP contribution in [0.15, 0.2) is 4.99 Å². The summed E-state index contributed by atoms with van der Waals surface area (Å²) in [4.78, 5) is 4.78. The third kappa shape index (κ3) is 30.3. The van der Waals surface area contributed by atoms with Gasteiger partial charge in [0, 0.05) is 61.0 Å². The fraction of sp³-hybridized carbons (Fsp3) is 0.944. The molecule has 1 aliphatic heterocycles. The molecule has 0 fully saturated rings. The number of aliphatic imine (C=N–C) groups is 1. The Morgan fingerprint density at radius 3 is 1.66 bits per heavy atom. The summed E-state index contributed by atoms with van der Waals surface area (Å²) in [7, 11) is -9.89. The predicted molar refractivity (Wildman–Crippen MR) is 105 cm³/mol. The van der Waals surface area contributed by atoms with Crippen molar-refractivity contribution in [1.29, 1.82) is 0 Å². The molecule has 0 aromatic carbocycles. The largest absolute Gasteiger partial charge is 2.00 e. The predicted octanol–water partition coefficient (Wildman–Crippen LogP) is -8.90. The first-order valence-corrected chi connectivity index (χ1v) is 13.0. The van der Waals surface area contributed by atoms with Crippen LogP contribution in [0.25, 0.3) is 0 Å². The Morgan fingerprint density at radius 1 is 0.857 bits per heavy atom. The van der Waals surface area contributed by atoms with Crippen molar-refractivity contribution >= 4 is 5.71 Å². The van der Waals surface area contributed by atoms with Gasteiger partial charge in [0.25, 0.3) is 0 Å². The van der Waals surface area contributed by atoms with Crippen LogP contribution in [0.4, 0.5) is 0 Å². The van der Waals surface area contributed by atoms with E-state index in [0.717, 1.165) is 31.6 Å². The molecule has 17 heteroatoms. The van der Waals surface area contributed by atoms with E-state index in [1.165, 1.54) is 0 Å². The van der Waals surface area contributed by atoms with E-state index >= 15 is 0 Å². The van der Waals surface area contributed by atoms with Gasteiger partial charge in [-0.3, -0.25) is 4.99 Å². The second-order valence-corrected chi connectivity index (χ2v) is 11.0. The van der Waals surface area contributed by atoms with Gasteiger partial charge in [-0.15, -0.1) is 20.5 Å². The minimum absolute atomic E-state index is 0. The van der Waals surface area contributed by atoms with E-state index in [1.807, 2.05) is 0 Å². The molecule has 0 aromatic heterocycles. The third-order valence-electron chi connectivity index (χ3n) is 4.57. The monoisotopic (exact) mass is 596 g/mol. The summed E-state index contributed by atoms with van der Waals surface area (Å²) in [6.07, 6.45) is 1.92. The second-order valence-electron chi connectivity index (χ2n) is 9.44. The van der Waals surface area contributed by atoms with Crippen LogP contribution >= 0.6 is 0 Å². The van der Waals surface area contributed by atoms with Crippen LogP contribution in [-0.2, 0) is 16.5 Å². The summed E-state index contributed by atoms with van der Waals surface area (Å²) in [6, 6.07) is 0.863. The smallest absolute Gasteiger partial charge is 0.329 e. The van der Waals surface area contributed by atoms with Crippen molar-refractivity contribution in [2.45, 2.75) is 83.6 Å². The fourth-order valence-electron chi connectivity index (χ4n) is 3.73. The Morgan fingerprint density at radius 2 is 1.26 bits per heavy atom. The molecule has 14 nitrogen and oxygen atoms in total. The third-order valence-corrected chi connectivity index (χ3v) is 4.57. The van der Waals surface area contributed by atoms with E-state index < -0.39 is 20.5 Å². The molecule has 1 rings (SSSR count). The van der Waals surface area contributed by atoms with E-state index in [9.17, 15) is 0 Å². The van der Waals surface area contributed by atoms with E-state index in [4.69, 9.17) is 53.7 Å². The van der Waals surface area contributed by atoms with Crippen molar-refractivity contribution in [2.24, 2.45) is 16.5 Å². The Labute approximate surface area is 221 Å². The van der Waals surface area contributed by atoms with E-state index in [2.05, 4.69) is 57.5 Å². The van der Waals surface area contributed by atoms with Crippen LogP contribution in [0.5, 0.6) is 0 Å². The molecule has 0 unspecified atom stereocenters. The van der Waals surface area contributed by atoms with Gasteiger partial charge < -0.3 is 27.4 Å². The van der Waals surface area contributed by atoms with Gasteiger partial charge in [-0.2, -0.15) is 0 Å². The molecule has 0 bridgehead atoms. The maximum Gasteiger partial charge on any atom is 2.00 e. The van der Waals surface area contributed by atoms with Crippen LogP contribution in [0.2, 0.25) is 0 Å². The van der Waals surface area contributed by atoms with Crippen molar-refractivity contribution < 1.29 is 74.2 Å². The zero-order valence-electron chi connectivity index (χ0n) is 20.9. The number of rotatable bonds is 2. The summed E-state index contributed by atoms with van der Waals surface area (Å²) in [5.74, 6) is 0. The van der Waals surface area contributed by atoms with Gasteiger partial charge in [-0.05, 0) is 48.0 Å². The molecule has 3 atom stereocenters. The normalized spacial score (nSPS) is 25.8. The summed E-state index contributed by atoms with van der Waals surface area (Å²) < 4.78 is 67.9. The minimum Gasteiger partial charge on any atom is -0.329 e. The first kappa shape index (κ1) is 39.7. The van der Waals surface area contributed by atoms with Crippen LogP contribution in [0, 0.1) is 20.5 Å². The van der Waals surface area contributed by atoms with Crippen LogP contribution < -0.4 is 64.7 Å². The maximum atomic E-state index is 8.49. The minimum atomic E-state index is -4.94. The SMILES string of the molecule is CC1=NC[C@H](CN)NC(C)(C)C[C@H](C)NC[C@H](CN)NC(C)(C)C1.[Ni+2].[O-][Cl+3]([O-])([O-])[O-].[O-][Cl+3]([O-])([O-])[O-]. The Kier molecular flexibility index (Phi) is 20.1. The van der Waals surface area contributed by atoms with Gasteiger partial charge in [0.05, 0.1) is 6.54 Å². The van der Waals surface area contributed by atoms with Crippen LogP contribution in [0.3, 0.4) is 0 Å². The molecule has 1 heterocycles. The average molecular weight is 598 g/mol. The zero-order chi connectivity index (χ0) is 27.4. The molecule has 0 saturated carbocycles. The van der Waals surface area contributed by atoms with Gasteiger partial charge in [-0.25, -0.2) is 37.3 Å². The Hall–Kier alpha value is 0.224. The number of nitrogens with zero attached hydrogens (tertiary/aromatic N) is 1. The topological polar surface area (TPSA) is 285 Å². The van der Waals surface area contributed by atoms with Crippen molar-refractivity contribution in [3.63, 3.8) is 0 Å². The number of nitrogens with two attached hydrogens (primary N) is 2. The van der Waals surface area contributed by atoms with Gasteiger partial charge >= 0.3 is 16.5 Å². The fourth-order valence-corrected chi connectivity index (χ4v) is 3.73. The summed E-state index contributed by atoms with van der Waals surface area (Å²) in [5, 5.41) is 11.0. The van der Waals surface area contributed by atoms with Crippen molar-refractivity contribution in [3.05, 3.63) is 0 Å². The van der Waals surface area contributed by atoms with Crippen LogP contribution in [-0.4, -0.2) is 61.1 Å². The Balaban J connectivity index is -0.000000784. The maximum absolute atomic E-state index is 8.49. The van der Waals surface area contributed by atoms with Gasteiger partial charge in [0.1, 0.15) is 0 Å². The standard InChI is InChI=1S/C18H40N6.2ClHO4.Ni/c1-13-7-17(3,4)23-16(10-20)12-22-14(2)8-18(5,6)24-15(9-19)11-21-13;2*2-1(3,4)5;/h13,15-16,21,23-24H,7-12,19-20H2,1-6H3;2*(H,2,3,4,5);/q;;;+2/p-2/t13-,15-,16-;;;/m0.../s1. The molecule has 0 spiro atoms. The van der Waals surface area contributed by atoms with E-state index in [0.29, 0.717) is 19.1 Å². The molecule has 0 aromatic rings. The summed E-state index contributed by atoms with van der Waals surface area (Å²) >= 11 is 0. The molecule has 0 radical (unpaired) electrons. The number of halogens is 2. The molecular formula is C18H40Cl2N6NiO8. The van der Waals surface area contributed by atoms with Crippen LogP contribution in [0.1, 0.15) is 54.4 Å². The van der Waals surface area contributed by atoms with E-state index in [-0.39, 0.29) is 39.7 Å². The first-order chi connectivity index (χ1) is 15.1. The van der Waals surface area contributed by atoms with Gasteiger partial charge in [0.2, 0.25) is 0 Å². The van der Waals surface area contributed by atoms with Crippen molar-refractivity contribution in [2.75, 3.05) is 26.2 Å². The number of nitrogens with one attached hydrogen (secondary N) is 3.